The van der Waals surface area contributed by atoms with E-state index < -0.39 is 23.9 Å². The Balaban J connectivity index is 1.80. The number of fused-ring (bicyclic) bond motifs is 1. The molecule has 2 aromatic carbocycles. The van der Waals surface area contributed by atoms with Crippen LogP contribution in [0.5, 0.6) is 17.2 Å². The van der Waals surface area contributed by atoms with Gasteiger partial charge in [-0.3, -0.25) is 9.59 Å². The number of hydrogen-bond donors (Lipinski definition) is 2. The number of hydrogen-bond acceptors (Lipinski definition) is 5. The molecule has 26 heavy (non-hydrogen) atoms. The Labute approximate surface area is 150 Å². The molecule has 7 nitrogen and oxygen atoms in total. The number of carboxylic acids is 1. The Kier molecular flexibility index (Phi) is 4.97. The lowest BCUT2D eigenvalue weighted by Crippen LogP contribution is -2.26. The van der Waals surface area contributed by atoms with E-state index in [2.05, 4.69) is 0 Å². The van der Waals surface area contributed by atoms with Crippen LogP contribution in [0.3, 0.4) is 0 Å². The van der Waals surface area contributed by atoms with Gasteiger partial charge in [-0.25, -0.2) is 0 Å². The summed E-state index contributed by atoms with van der Waals surface area (Å²) < 4.78 is 16.3. The van der Waals surface area contributed by atoms with Gasteiger partial charge in [0.15, 0.2) is 11.5 Å². The van der Waals surface area contributed by atoms with Gasteiger partial charge >= 0.3 is 5.97 Å². The summed E-state index contributed by atoms with van der Waals surface area (Å²) in [5.41, 5.74) is 6.70. The van der Waals surface area contributed by atoms with Gasteiger partial charge in [0.25, 0.3) is 5.91 Å². The van der Waals surface area contributed by atoms with E-state index >= 15 is 0 Å². The Morgan fingerprint density at radius 2 is 1.77 bits per heavy atom. The highest BCUT2D eigenvalue weighted by atomic mass is 16.7. The van der Waals surface area contributed by atoms with Crippen LogP contribution in [0, 0.1) is 0 Å². The van der Waals surface area contributed by atoms with Gasteiger partial charge in [0, 0.05) is 5.56 Å². The third-order valence-electron chi connectivity index (χ3n) is 4.20. The molecule has 0 fully saturated rings. The number of rotatable bonds is 7. The molecule has 0 aromatic heterocycles. The summed E-state index contributed by atoms with van der Waals surface area (Å²) in [6, 6.07) is 11.6. The van der Waals surface area contributed by atoms with Crippen molar-refractivity contribution in [2.75, 3.05) is 6.79 Å². The van der Waals surface area contributed by atoms with Gasteiger partial charge in [-0.05, 0) is 36.2 Å². The summed E-state index contributed by atoms with van der Waals surface area (Å²) in [4.78, 5) is 23.1. The van der Waals surface area contributed by atoms with Crippen molar-refractivity contribution in [1.82, 2.24) is 0 Å². The average Bonchev–Trinajstić information content (AvgIpc) is 3.08. The lowest BCUT2D eigenvalue weighted by atomic mass is 9.97. The van der Waals surface area contributed by atoms with Crippen LogP contribution in [-0.2, 0) is 9.59 Å². The van der Waals surface area contributed by atoms with Crippen molar-refractivity contribution in [1.29, 1.82) is 0 Å². The summed E-state index contributed by atoms with van der Waals surface area (Å²) in [5, 5.41) is 9.23. The Bertz CT molecular complexity index is 817. The number of carbonyl (C=O) groups is 2. The van der Waals surface area contributed by atoms with Crippen molar-refractivity contribution in [2.45, 2.75) is 25.4 Å². The smallest absolute Gasteiger partial charge is 0.310 e. The van der Waals surface area contributed by atoms with E-state index in [1.807, 2.05) is 6.92 Å². The second-order valence-corrected chi connectivity index (χ2v) is 5.88. The minimum atomic E-state index is -1.00. The van der Waals surface area contributed by atoms with E-state index in [0.29, 0.717) is 34.8 Å². The minimum Gasteiger partial charge on any atom is -0.481 e. The zero-order valence-corrected chi connectivity index (χ0v) is 14.2. The lowest BCUT2D eigenvalue weighted by Gasteiger charge is -2.17. The first kappa shape index (κ1) is 17.6. The molecule has 7 heteroatoms. The molecule has 0 saturated heterocycles. The molecule has 2 atom stereocenters. The van der Waals surface area contributed by atoms with Crippen molar-refractivity contribution in [3.05, 3.63) is 53.6 Å². The first-order chi connectivity index (χ1) is 12.5. The zero-order valence-electron chi connectivity index (χ0n) is 14.2. The SMILES string of the molecule is CCC(C(=O)O)c1ccc(OC(C(N)=O)c2ccc3c(c2)OCO3)cc1. The fourth-order valence-corrected chi connectivity index (χ4v) is 2.83. The fraction of sp³-hybridized carbons (Fsp3) is 0.263. The highest BCUT2D eigenvalue weighted by molar-refractivity contribution is 5.81. The third-order valence-corrected chi connectivity index (χ3v) is 4.20. The van der Waals surface area contributed by atoms with Crippen LogP contribution in [0.2, 0.25) is 0 Å². The topological polar surface area (TPSA) is 108 Å². The summed E-state index contributed by atoms with van der Waals surface area (Å²) in [6.07, 6.45) is -0.520. The predicted octanol–water partition coefficient (Wildman–Crippen LogP) is 2.60. The number of benzene rings is 2. The van der Waals surface area contributed by atoms with Crippen LogP contribution in [0.1, 0.15) is 36.5 Å². The molecule has 0 saturated carbocycles. The van der Waals surface area contributed by atoms with Crippen molar-refractivity contribution in [3.63, 3.8) is 0 Å². The molecule has 3 N–H and O–H groups in total. The zero-order chi connectivity index (χ0) is 18.7. The van der Waals surface area contributed by atoms with Crippen LogP contribution >= 0.6 is 0 Å². The molecule has 1 aliphatic heterocycles. The Morgan fingerprint density at radius 1 is 1.12 bits per heavy atom. The van der Waals surface area contributed by atoms with Gasteiger partial charge in [0.1, 0.15) is 5.75 Å². The van der Waals surface area contributed by atoms with Gasteiger partial charge in [0.05, 0.1) is 5.92 Å². The highest BCUT2D eigenvalue weighted by Crippen LogP contribution is 2.35. The maximum atomic E-state index is 11.9. The fourth-order valence-electron chi connectivity index (χ4n) is 2.83. The van der Waals surface area contributed by atoms with Crippen LogP contribution < -0.4 is 19.9 Å². The number of carbonyl (C=O) groups excluding carboxylic acids is 1. The highest BCUT2D eigenvalue weighted by Gasteiger charge is 2.24. The maximum absolute atomic E-state index is 11.9. The molecule has 3 rings (SSSR count). The number of primary amides is 1. The van der Waals surface area contributed by atoms with E-state index in [-0.39, 0.29) is 6.79 Å². The van der Waals surface area contributed by atoms with Crippen LogP contribution in [0.4, 0.5) is 0 Å². The molecule has 2 aromatic rings. The Hall–Kier alpha value is -3.22. The molecule has 136 valence electrons. The average molecular weight is 357 g/mol. The first-order valence-electron chi connectivity index (χ1n) is 8.18. The van der Waals surface area contributed by atoms with Gasteiger partial charge in [-0.15, -0.1) is 0 Å². The van der Waals surface area contributed by atoms with Crippen molar-refractivity contribution < 1.29 is 28.9 Å². The molecule has 1 aliphatic rings. The van der Waals surface area contributed by atoms with E-state index in [0.717, 1.165) is 0 Å². The number of amides is 1. The molecule has 1 amide bonds. The number of nitrogens with two attached hydrogens (primary N) is 1. The quantitative estimate of drug-likeness (QED) is 0.788. The molecule has 0 radical (unpaired) electrons. The monoisotopic (exact) mass is 357 g/mol. The van der Waals surface area contributed by atoms with E-state index in [4.69, 9.17) is 19.9 Å². The first-order valence-corrected chi connectivity index (χ1v) is 8.18. The predicted molar refractivity (Wildman–Crippen MR) is 92.2 cm³/mol. The summed E-state index contributed by atoms with van der Waals surface area (Å²) >= 11 is 0. The standard InChI is InChI=1S/C19H19NO6/c1-2-14(19(22)23)11-3-6-13(7-4-11)26-17(18(20)21)12-5-8-15-16(9-12)25-10-24-15/h3-9,14,17H,2,10H2,1H3,(H2,20,21)(H,22,23). The normalized spacial score (nSPS) is 14.5. The van der Waals surface area contributed by atoms with Crippen molar-refractivity contribution in [2.24, 2.45) is 5.73 Å². The van der Waals surface area contributed by atoms with Gasteiger partial charge in [0.2, 0.25) is 12.9 Å². The van der Waals surface area contributed by atoms with Gasteiger partial charge in [-0.1, -0.05) is 25.1 Å². The number of carboxylic acid groups (broad SMARTS) is 1. The molecule has 2 unspecified atom stereocenters. The molecule has 1 heterocycles. The molecule has 0 bridgehead atoms. The largest absolute Gasteiger partial charge is 0.481 e. The van der Waals surface area contributed by atoms with Crippen LogP contribution in [0.25, 0.3) is 0 Å². The summed E-state index contributed by atoms with van der Waals surface area (Å²) in [6.45, 7) is 1.94. The Morgan fingerprint density at radius 3 is 2.38 bits per heavy atom. The summed E-state index contributed by atoms with van der Waals surface area (Å²) in [7, 11) is 0. The number of ether oxygens (including phenoxy) is 3. The van der Waals surface area contributed by atoms with E-state index in [9.17, 15) is 14.7 Å². The van der Waals surface area contributed by atoms with Gasteiger partial charge < -0.3 is 25.1 Å². The van der Waals surface area contributed by atoms with Crippen LogP contribution in [0.15, 0.2) is 42.5 Å². The molecule has 0 aliphatic carbocycles. The minimum absolute atomic E-state index is 0.129. The van der Waals surface area contributed by atoms with Crippen molar-refractivity contribution in [3.8, 4) is 17.2 Å². The van der Waals surface area contributed by atoms with E-state index in [1.165, 1.54) is 0 Å². The van der Waals surface area contributed by atoms with Crippen molar-refractivity contribution >= 4 is 11.9 Å². The second-order valence-electron chi connectivity index (χ2n) is 5.88. The maximum Gasteiger partial charge on any atom is 0.310 e. The second kappa shape index (κ2) is 7.35. The number of aliphatic carboxylic acids is 1. The van der Waals surface area contributed by atoms with E-state index in [1.54, 1.807) is 42.5 Å². The summed E-state index contributed by atoms with van der Waals surface area (Å²) in [5.74, 6) is -0.567. The van der Waals surface area contributed by atoms with Gasteiger partial charge in [-0.2, -0.15) is 0 Å². The van der Waals surface area contributed by atoms with Crippen LogP contribution in [-0.4, -0.2) is 23.8 Å². The lowest BCUT2D eigenvalue weighted by molar-refractivity contribution is -0.138. The molecule has 0 spiro atoms. The molecular weight excluding hydrogens is 338 g/mol. The third kappa shape index (κ3) is 3.56. The molecular formula is C19H19NO6.